The zero-order chi connectivity index (χ0) is 14.2. The Kier molecular flexibility index (Phi) is 3.87. The Balaban J connectivity index is 2.84. The van der Waals surface area contributed by atoms with E-state index in [0.29, 0.717) is 5.92 Å². The summed E-state index contributed by atoms with van der Waals surface area (Å²) in [5, 5.41) is 2.76. The number of pyridine rings is 1. The average Bonchev–Trinajstić information content (AvgIpc) is 2.35. The Labute approximate surface area is 117 Å². The monoisotopic (exact) mass is 273 g/mol. The van der Waals surface area contributed by atoms with E-state index in [0.717, 1.165) is 17.6 Å². The summed E-state index contributed by atoms with van der Waals surface area (Å²) in [4.78, 5) is 4.76. The van der Waals surface area contributed by atoms with Crippen LogP contribution in [0.4, 0.5) is 0 Å². The molecule has 0 aliphatic rings. The molecule has 0 saturated heterocycles. The highest BCUT2D eigenvalue weighted by Gasteiger charge is 2.17. The van der Waals surface area contributed by atoms with Crippen LogP contribution in [-0.4, -0.2) is 24.6 Å². The van der Waals surface area contributed by atoms with Crippen molar-refractivity contribution in [3.8, 4) is 0 Å². The molecule has 0 atom stereocenters. The van der Waals surface area contributed by atoms with Crippen molar-refractivity contribution in [1.82, 2.24) is 4.98 Å². The molecule has 0 amide bonds. The van der Waals surface area contributed by atoms with Crippen LogP contribution in [0.15, 0.2) is 24.3 Å². The lowest BCUT2D eigenvalue weighted by Crippen LogP contribution is -2.14. The Morgan fingerprint density at radius 3 is 2.37 bits per heavy atom. The van der Waals surface area contributed by atoms with E-state index in [9.17, 15) is 0 Å². The maximum atomic E-state index is 4.76. The molecule has 2 rings (SSSR count). The van der Waals surface area contributed by atoms with Gasteiger partial charge in [0.25, 0.3) is 0 Å². The second kappa shape index (κ2) is 5.13. The van der Waals surface area contributed by atoms with Gasteiger partial charge in [-0.15, -0.1) is 0 Å². The molecule has 0 saturated carbocycles. The van der Waals surface area contributed by atoms with Crippen LogP contribution in [-0.2, 0) is 6.42 Å². The van der Waals surface area contributed by atoms with Crippen LogP contribution in [0.3, 0.4) is 0 Å². The van der Waals surface area contributed by atoms with Crippen LogP contribution >= 0.6 is 6.89 Å². The molecule has 0 aliphatic carbocycles. The molecule has 1 heterocycles. The molecule has 2 aromatic rings. The van der Waals surface area contributed by atoms with Crippen LogP contribution in [0.5, 0.6) is 0 Å². The molecule has 0 radical (unpaired) electrons. The van der Waals surface area contributed by atoms with Crippen molar-refractivity contribution < 1.29 is 0 Å². The largest absolute Gasteiger partial charge is 0.253 e. The molecule has 1 aromatic heterocycles. The normalized spacial score (nSPS) is 12.3. The standard InChI is InChI=1S/C17H24NP/c1-7-13-8-9-15-16(18-13)11-10-14(12(2)3)17(15)19(4,5)6/h8-12H,4,7H2,1-3,5-6H3. The first-order chi connectivity index (χ1) is 8.84. The minimum absolute atomic E-state index is 0.534. The first-order valence-electron chi connectivity index (χ1n) is 6.96. The van der Waals surface area contributed by atoms with Gasteiger partial charge in [-0.3, -0.25) is 4.98 Å². The first kappa shape index (κ1) is 14.3. The summed E-state index contributed by atoms with van der Waals surface area (Å²) in [7, 11) is 0. The van der Waals surface area contributed by atoms with E-state index < -0.39 is 6.89 Å². The van der Waals surface area contributed by atoms with Crippen molar-refractivity contribution in [3.63, 3.8) is 0 Å². The highest BCUT2D eigenvalue weighted by molar-refractivity contribution is 7.79. The van der Waals surface area contributed by atoms with Crippen LogP contribution < -0.4 is 5.30 Å². The van der Waals surface area contributed by atoms with Crippen molar-refractivity contribution in [2.75, 3.05) is 13.3 Å². The second-order valence-corrected chi connectivity index (χ2v) is 9.88. The Morgan fingerprint density at radius 1 is 1.16 bits per heavy atom. The first-order valence-corrected chi connectivity index (χ1v) is 9.83. The predicted octanol–water partition coefficient (Wildman–Crippen LogP) is 4.26. The summed E-state index contributed by atoms with van der Waals surface area (Å²) in [5.41, 5.74) is 3.72. The van der Waals surface area contributed by atoms with Crippen molar-refractivity contribution in [2.45, 2.75) is 33.1 Å². The third-order valence-corrected chi connectivity index (χ3v) is 5.23. The second-order valence-electron chi connectivity index (χ2n) is 6.07. The van der Waals surface area contributed by atoms with Gasteiger partial charge in [0.1, 0.15) is 0 Å². The van der Waals surface area contributed by atoms with Crippen molar-refractivity contribution in [1.29, 1.82) is 0 Å². The van der Waals surface area contributed by atoms with Crippen LogP contribution in [0.25, 0.3) is 10.9 Å². The van der Waals surface area contributed by atoms with E-state index in [-0.39, 0.29) is 0 Å². The van der Waals surface area contributed by atoms with Gasteiger partial charge < -0.3 is 0 Å². The van der Waals surface area contributed by atoms with Gasteiger partial charge in [-0.2, -0.15) is 0 Å². The van der Waals surface area contributed by atoms with Gasteiger partial charge in [-0.1, -0.05) is 46.1 Å². The summed E-state index contributed by atoms with van der Waals surface area (Å²) in [6, 6.07) is 8.82. The van der Waals surface area contributed by atoms with Crippen LogP contribution in [0.1, 0.15) is 37.9 Å². The van der Waals surface area contributed by atoms with Crippen molar-refractivity contribution in [2.24, 2.45) is 0 Å². The summed E-state index contributed by atoms with van der Waals surface area (Å²) >= 11 is 0. The molecule has 2 heteroatoms. The Bertz CT molecular complexity index is 650. The minimum atomic E-state index is -1.32. The summed E-state index contributed by atoms with van der Waals surface area (Å²) in [6.07, 6.45) is 5.45. The topological polar surface area (TPSA) is 12.9 Å². The van der Waals surface area contributed by atoms with Crippen LogP contribution in [0, 0.1) is 0 Å². The average molecular weight is 273 g/mol. The minimum Gasteiger partial charge on any atom is -0.253 e. The smallest absolute Gasteiger partial charge is 0.0711 e. The quantitative estimate of drug-likeness (QED) is 0.762. The van der Waals surface area contributed by atoms with E-state index in [1.54, 1.807) is 0 Å². The van der Waals surface area contributed by atoms with E-state index in [1.807, 2.05) is 0 Å². The number of nitrogens with zero attached hydrogens (tertiary/aromatic N) is 1. The zero-order valence-corrected chi connectivity index (χ0v) is 13.6. The Hall–Kier alpha value is -1.07. The van der Waals surface area contributed by atoms with Gasteiger partial charge in [0.2, 0.25) is 0 Å². The summed E-state index contributed by atoms with van der Waals surface area (Å²) in [6.45, 7) is 9.93. The van der Waals surface area contributed by atoms with Crippen molar-refractivity contribution >= 4 is 29.4 Å². The fraction of sp³-hybridized carbons (Fsp3) is 0.412. The van der Waals surface area contributed by atoms with Gasteiger partial charge in [0.15, 0.2) is 0 Å². The molecule has 0 unspecified atom stereocenters. The lowest BCUT2D eigenvalue weighted by atomic mass is 10.0. The molecule has 0 bridgehead atoms. The van der Waals surface area contributed by atoms with E-state index in [4.69, 9.17) is 4.98 Å². The van der Waals surface area contributed by atoms with E-state index in [2.05, 4.69) is 64.7 Å². The van der Waals surface area contributed by atoms with Crippen LogP contribution in [0.2, 0.25) is 0 Å². The molecule has 19 heavy (non-hydrogen) atoms. The predicted molar refractivity (Wildman–Crippen MR) is 90.7 cm³/mol. The van der Waals surface area contributed by atoms with Gasteiger partial charge in [0, 0.05) is 11.1 Å². The number of aryl methyl sites for hydroxylation is 1. The zero-order valence-electron chi connectivity index (χ0n) is 12.7. The maximum absolute atomic E-state index is 4.76. The molecule has 1 aromatic carbocycles. The number of fused-ring (bicyclic) bond motifs is 1. The SMILES string of the molecule is C=P(C)(C)c1c(C(C)C)ccc2nc(CC)ccc12. The summed E-state index contributed by atoms with van der Waals surface area (Å²) in [5.74, 6) is 0.534. The van der Waals surface area contributed by atoms with Gasteiger partial charge in [-0.05, 0) is 48.7 Å². The number of rotatable bonds is 3. The molecule has 0 N–H and O–H groups in total. The lowest BCUT2D eigenvalue weighted by Gasteiger charge is -2.23. The molecule has 0 fully saturated rings. The fourth-order valence-corrected chi connectivity index (χ4v) is 4.46. The van der Waals surface area contributed by atoms with Gasteiger partial charge in [0.05, 0.1) is 5.52 Å². The summed E-state index contributed by atoms with van der Waals surface area (Å²) < 4.78 is 0. The number of hydrogen-bond acceptors (Lipinski definition) is 1. The Morgan fingerprint density at radius 2 is 1.84 bits per heavy atom. The van der Waals surface area contributed by atoms with Gasteiger partial charge >= 0.3 is 0 Å². The molecule has 1 nitrogen and oxygen atoms in total. The highest BCUT2D eigenvalue weighted by Crippen LogP contribution is 2.40. The molecular formula is C17H24NP. The van der Waals surface area contributed by atoms with Gasteiger partial charge in [-0.25, -0.2) is 0 Å². The number of benzene rings is 1. The molecule has 102 valence electrons. The lowest BCUT2D eigenvalue weighted by molar-refractivity contribution is 0.874. The molecular weight excluding hydrogens is 249 g/mol. The van der Waals surface area contributed by atoms with E-state index in [1.165, 1.54) is 16.3 Å². The molecule has 0 aliphatic heterocycles. The third kappa shape index (κ3) is 2.77. The fourth-order valence-electron chi connectivity index (χ4n) is 2.59. The molecule has 0 spiro atoms. The maximum Gasteiger partial charge on any atom is 0.0711 e. The third-order valence-electron chi connectivity index (χ3n) is 3.52. The highest BCUT2D eigenvalue weighted by atomic mass is 31.2. The number of hydrogen-bond donors (Lipinski definition) is 0. The van der Waals surface area contributed by atoms with E-state index >= 15 is 0 Å². The van der Waals surface area contributed by atoms with Crippen molar-refractivity contribution in [3.05, 3.63) is 35.5 Å². The number of aromatic nitrogens is 1.